The lowest BCUT2D eigenvalue weighted by Gasteiger charge is -2.36. The van der Waals surface area contributed by atoms with E-state index in [1.165, 1.54) is 0 Å². The van der Waals surface area contributed by atoms with Gasteiger partial charge in [0.2, 0.25) is 0 Å². The lowest BCUT2D eigenvalue weighted by molar-refractivity contribution is -0.117. The minimum Gasteiger partial charge on any atom is -0.368 e. The third-order valence-electron chi connectivity index (χ3n) is 3.57. The number of nitrogens with zero attached hydrogens (tertiary/aromatic N) is 2. The van der Waals surface area contributed by atoms with Gasteiger partial charge < -0.3 is 9.69 Å². The van der Waals surface area contributed by atoms with Gasteiger partial charge in [-0.1, -0.05) is 23.7 Å². The Morgan fingerprint density at radius 1 is 1.21 bits per heavy atom. The molecule has 0 aromatic heterocycles. The fourth-order valence-electron chi connectivity index (χ4n) is 2.47. The quantitative estimate of drug-likeness (QED) is 0.829. The number of carbonyl (C=O) groups excluding carboxylic acids is 1. The van der Waals surface area contributed by atoms with Crippen LogP contribution in [-0.2, 0) is 4.79 Å². The van der Waals surface area contributed by atoms with Gasteiger partial charge in [-0.2, -0.15) is 0 Å². The second-order valence-electron chi connectivity index (χ2n) is 5.09. The summed E-state index contributed by atoms with van der Waals surface area (Å²) in [6, 6.07) is 8.01. The predicted octanol–water partition coefficient (Wildman–Crippen LogP) is 2.83. The van der Waals surface area contributed by atoms with E-state index in [-0.39, 0.29) is 5.78 Å². The molecule has 1 aromatic carbocycles. The fraction of sp³-hybridized carbons (Fsp3) is 0.533. The summed E-state index contributed by atoms with van der Waals surface area (Å²) in [5.41, 5.74) is 1.13. The second-order valence-corrected chi connectivity index (χ2v) is 5.49. The van der Waals surface area contributed by atoms with Crippen molar-refractivity contribution < 1.29 is 4.79 Å². The Bertz CT molecular complexity index is 428. The van der Waals surface area contributed by atoms with Gasteiger partial charge in [0, 0.05) is 32.6 Å². The summed E-state index contributed by atoms with van der Waals surface area (Å²) < 4.78 is 0. The van der Waals surface area contributed by atoms with Gasteiger partial charge >= 0.3 is 0 Å². The van der Waals surface area contributed by atoms with Crippen molar-refractivity contribution >= 4 is 23.1 Å². The van der Waals surface area contributed by atoms with E-state index in [4.69, 9.17) is 11.6 Å². The van der Waals surface area contributed by atoms with Crippen molar-refractivity contribution in [1.29, 1.82) is 0 Å². The zero-order chi connectivity index (χ0) is 13.7. The molecular formula is C15H21ClN2O. The van der Waals surface area contributed by atoms with E-state index in [2.05, 4.69) is 15.9 Å². The highest BCUT2D eigenvalue weighted by Crippen LogP contribution is 2.25. The second kappa shape index (κ2) is 6.92. The number of ketones is 1. The number of anilines is 1. The van der Waals surface area contributed by atoms with Crippen LogP contribution >= 0.6 is 11.6 Å². The molecule has 1 aliphatic heterocycles. The Hall–Kier alpha value is -1.06. The molecule has 0 amide bonds. The minimum atomic E-state index is 0.287. The molecule has 1 fully saturated rings. The maximum absolute atomic E-state index is 10.9. The van der Waals surface area contributed by atoms with E-state index in [9.17, 15) is 4.79 Å². The first-order valence-electron chi connectivity index (χ1n) is 6.88. The van der Waals surface area contributed by atoms with Crippen LogP contribution in [0.25, 0.3) is 0 Å². The molecule has 1 aromatic rings. The van der Waals surface area contributed by atoms with Crippen LogP contribution in [0, 0.1) is 0 Å². The molecule has 0 unspecified atom stereocenters. The molecule has 0 bridgehead atoms. The molecule has 104 valence electrons. The van der Waals surface area contributed by atoms with E-state index in [1.807, 2.05) is 18.2 Å². The summed E-state index contributed by atoms with van der Waals surface area (Å²) in [7, 11) is 0. The Kier molecular flexibility index (Phi) is 5.23. The molecule has 19 heavy (non-hydrogen) atoms. The van der Waals surface area contributed by atoms with Gasteiger partial charge in [0.05, 0.1) is 10.7 Å². The van der Waals surface area contributed by atoms with E-state index in [1.54, 1.807) is 6.92 Å². The van der Waals surface area contributed by atoms with Crippen molar-refractivity contribution in [1.82, 2.24) is 4.90 Å². The molecule has 0 N–H and O–H groups in total. The zero-order valence-electron chi connectivity index (χ0n) is 11.4. The highest BCUT2D eigenvalue weighted by molar-refractivity contribution is 6.33. The number of benzene rings is 1. The van der Waals surface area contributed by atoms with Crippen molar-refractivity contribution in [2.75, 3.05) is 37.6 Å². The smallest absolute Gasteiger partial charge is 0.129 e. The van der Waals surface area contributed by atoms with Gasteiger partial charge in [0.1, 0.15) is 5.78 Å². The molecular weight excluding hydrogens is 260 g/mol. The SMILES string of the molecule is CC(=O)CCCN1CCN(c2ccccc2Cl)CC1. The third-order valence-corrected chi connectivity index (χ3v) is 3.89. The van der Waals surface area contributed by atoms with Crippen molar-refractivity contribution in [2.24, 2.45) is 0 Å². The topological polar surface area (TPSA) is 23.6 Å². The molecule has 0 radical (unpaired) electrons. The van der Waals surface area contributed by atoms with Crippen LogP contribution < -0.4 is 4.90 Å². The Morgan fingerprint density at radius 2 is 1.89 bits per heavy atom. The monoisotopic (exact) mass is 280 g/mol. The molecule has 2 rings (SSSR count). The number of para-hydroxylation sites is 1. The van der Waals surface area contributed by atoms with Gasteiger partial charge in [-0.25, -0.2) is 0 Å². The number of halogens is 1. The number of Topliss-reactive ketones (excluding diaryl/α,β-unsaturated/α-hetero) is 1. The standard InChI is InChI=1S/C15H21ClN2O/c1-13(19)5-4-8-17-9-11-18(12-10-17)15-7-3-2-6-14(15)16/h2-3,6-7H,4-5,8-12H2,1H3. The van der Waals surface area contributed by atoms with Gasteiger partial charge in [0.15, 0.2) is 0 Å². The summed E-state index contributed by atoms with van der Waals surface area (Å²) in [6.07, 6.45) is 1.67. The van der Waals surface area contributed by atoms with Crippen LogP contribution in [0.1, 0.15) is 19.8 Å². The first-order chi connectivity index (χ1) is 9.16. The van der Waals surface area contributed by atoms with Crippen molar-refractivity contribution in [2.45, 2.75) is 19.8 Å². The van der Waals surface area contributed by atoms with Crippen LogP contribution in [0.3, 0.4) is 0 Å². The minimum absolute atomic E-state index is 0.287. The van der Waals surface area contributed by atoms with E-state index in [0.29, 0.717) is 6.42 Å². The molecule has 4 heteroatoms. The van der Waals surface area contributed by atoms with Gasteiger partial charge in [-0.3, -0.25) is 4.90 Å². The average molecular weight is 281 g/mol. The van der Waals surface area contributed by atoms with E-state index < -0.39 is 0 Å². The van der Waals surface area contributed by atoms with Gasteiger partial charge in [-0.05, 0) is 32.0 Å². The zero-order valence-corrected chi connectivity index (χ0v) is 12.2. The number of hydrogen-bond donors (Lipinski definition) is 0. The molecule has 0 saturated carbocycles. The Balaban J connectivity index is 1.79. The first-order valence-corrected chi connectivity index (χ1v) is 7.26. The fourth-order valence-corrected chi connectivity index (χ4v) is 2.73. The number of rotatable bonds is 5. The van der Waals surface area contributed by atoms with Crippen LogP contribution in [0.2, 0.25) is 5.02 Å². The van der Waals surface area contributed by atoms with Gasteiger partial charge in [0.25, 0.3) is 0 Å². The third kappa shape index (κ3) is 4.22. The number of piperazine rings is 1. The van der Waals surface area contributed by atoms with E-state index in [0.717, 1.165) is 49.9 Å². The van der Waals surface area contributed by atoms with Crippen molar-refractivity contribution in [3.05, 3.63) is 29.3 Å². The van der Waals surface area contributed by atoms with E-state index >= 15 is 0 Å². The van der Waals surface area contributed by atoms with Crippen LogP contribution in [0.4, 0.5) is 5.69 Å². The summed E-state index contributed by atoms with van der Waals surface area (Å²) in [5.74, 6) is 0.287. The maximum Gasteiger partial charge on any atom is 0.129 e. The van der Waals surface area contributed by atoms with Crippen LogP contribution in [0.5, 0.6) is 0 Å². The lowest BCUT2D eigenvalue weighted by atomic mass is 10.2. The normalized spacial score (nSPS) is 16.6. The largest absolute Gasteiger partial charge is 0.368 e. The Morgan fingerprint density at radius 3 is 2.53 bits per heavy atom. The molecule has 3 nitrogen and oxygen atoms in total. The first kappa shape index (κ1) is 14.4. The van der Waals surface area contributed by atoms with Crippen LogP contribution in [0.15, 0.2) is 24.3 Å². The number of hydrogen-bond acceptors (Lipinski definition) is 3. The summed E-state index contributed by atoms with van der Waals surface area (Å²) in [4.78, 5) is 15.7. The summed E-state index contributed by atoms with van der Waals surface area (Å²) in [5, 5.41) is 0.826. The molecule has 1 saturated heterocycles. The Labute approximate surface area is 120 Å². The molecule has 0 aliphatic carbocycles. The molecule has 1 aliphatic rings. The lowest BCUT2D eigenvalue weighted by Crippen LogP contribution is -2.46. The molecule has 1 heterocycles. The van der Waals surface area contributed by atoms with Crippen LogP contribution in [-0.4, -0.2) is 43.4 Å². The predicted molar refractivity (Wildman–Crippen MR) is 80.0 cm³/mol. The van der Waals surface area contributed by atoms with Crippen molar-refractivity contribution in [3.63, 3.8) is 0 Å². The summed E-state index contributed by atoms with van der Waals surface area (Å²) in [6.45, 7) is 6.78. The number of carbonyl (C=O) groups is 1. The highest BCUT2D eigenvalue weighted by Gasteiger charge is 2.18. The molecule has 0 spiro atoms. The molecule has 0 atom stereocenters. The van der Waals surface area contributed by atoms with Crippen molar-refractivity contribution in [3.8, 4) is 0 Å². The highest BCUT2D eigenvalue weighted by atomic mass is 35.5. The summed E-state index contributed by atoms with van der Waals surface area (Å²) >= 11 is 6.22. The maximum atomic E-state index is 10.9. The van der Waals surface area contributed by atoms with Gasteiger partial charge in [-0.15, -0.1) is 0 Å². The average Bonchev–Trinajstić information content (AvgIpc) is 2.40.